The molecular formula is C15H21NO5S. The van der Waals surface area contributed by atoms with E-state index in [9.17, 15) is 18.0 Å². The van der Waals surface area contributed by atoms with Gasteiger partial charge < -0.3 is 10.4 Å². The Hall–Kier alpha value is -1.89. The maximum Gasteiger partial charge on any atom is 0.326 e. The molecule has 0 aliphatic rings. The van der Waals surface area contributed by atoms with E-state index in [0.717, 1.165) is 12.7 Å². The van der Waals surface area contributed by atoms with Gasteiger partial charge in [-0.2, -0.15) is 0 Å². The molecule has 2 N–H and O–H groups in total. The van der Waals surface area contributed by atoms with Gasteiger partial charge in [-0.15, -0.1) is 0 Å². The summed E-state index contributed by atoms with van der Waals surface area (Å²) in [4.78, 5) is 23.2. The first-order chi connectivity index (χ1) is 10.3. The van der Waals surface area contributed by atoms with Crippen molar-refractivity contribution in [1.82, 2.24) is 5.32 Å². The molecule has 1 rings (SSSR count). The quantitative estimate of drug-likeness (QED) is 0.751. The molecule has 0 aromatic heterocycles. The Balaban J connectivity index is 2.83. The lowest BCUT2D eigenvalue weighted by atomic mass is 10.1. The zero-order valence-corrected chi connectivity index (χ0v) is 13.5. The third-order valence-corrected chi connectivity index (χ3v) is 4.40. The lowest BCUT2D eigenvalue weighted by Gasteiger charge is -2.15. The standard InChI is InChI=1S/C15H21NO5S/c1-3-4-8-12(15(18)19)16-14(17)10-11-7-5-6-9-13(11)22(2,20)21/h5-7,9,12H,3-4,8,10H2,1-2H3,(H,16,17)(H,18,19). The van der Waals surface area contributed by atoms with Crippen LogP contribution in [0.5, 0.6) is 0 Å². The van der Waals surface area contributed by atoms with Crippen molar-refractivity contribution in [2.75, 3.05) is 6.26 Å². The Labute approximate surface area is 130 Å². The Bertz CT molecular complexity index is 639. The van der Waals surface area contributed by atoms with E-state index in [4.69, 9.17) is 5.11 Å². The fourth-order valence-electron chi connectivity index (χ4n) is 2.10. The zero-order valence-electron chi connectivity index (χ0n) is 12.7. The van der Waals surface area contributed by atoms with Gasteiger partial charge in [-0.05, 0) is 18.1 Å². The number of unbranched alkanes of at least 4 members (excludes halogenated alkanes) is 1. The molecule has 0 saturated heterocycles. The van der Waals surface area contributed by atoms with Gasteiger partial charge in [0.15, 0.2) is 9.84 Å². The van der Waals surface area contributed by atoms with Crippen LogP contribution in [0, 0.1) is 0 Å². The summed E-state index contributed by atoms with van der Waals surface area (Å²) in [6.07, 6.45) is 2.78. The van der Waals surface area contributed by atoms with Gasteiger partial charge >= 0.3 is 5.97 Å². The molecule has 0 saturated carbocycles. The highest BCUT2D eigenvalue weighted by molar-refractivity contribution is 7.90. The summed E-state index contributed by atoms with van der Waals surface area (Å²) in [7, 11) is -3.43. The molecule has 22 heavy (non-hydrogen) atoms. The Kier molecular flexibility index (Phi) is 6.55. The van der Waals surface area contributed by atoms with Crippen molar-refractivity contribution in [2.24, 2.45) is 0 Å². The van der Waals surface area contributed by atoms with Gasteiger partial charge in [0.1, 0.15) is 6.04 Å². The predicted octanol–water partition coefficient (Wildman–Crippen LogP) is 1.39. The summed E-state index contributed by atoms with van der Waals surface area (Å²) in [6.45, 7) is 1.93. The number of hydrogen-bond donors (Lipinski definition) is 2. The highest BCUT2D eigenvalue weighted by atomic mass is 32.2. The van der Waals surface area contributed by atoms with E-state index in [1.54, 1.807) is 18.2 Å². The van der Waals surface area contributed by atoms with Crippen LogP contribution in [0.1, 0.15) is 31.7 Å². The van der Waals surface area contributed by atoms with Crippen molar-refractivity contribution < 1.29 is 23.1 Å². The molecule has 0 heterocycles. The minimum atomic E-state index is -3.43. The minimum Gasteiger partial charge on any atom is -0.480 e. The number of nitrogens with one attached hydrogen (secondary N) is 1. The molecule has 1 aromatic rings. The maximum absolute atomic E-state index is 12.0. The number of carbonyl (C=O) groups excluding carboxylic acids is 1. The summed E-state index contributed by atoms with van der Waals surface area (Å²) in [5, 5.41) is 11.5. The van der Waals surface area contributed by atoms with Crippen LogP contribution in [-0.4, -0.2) is 37.7 Å². The Morgan fingerprint density at radius 3 is 2.45 bits per heavy atom. The number of hydrogen-bond acceptors (Lipinski definition) is 4. The second-order valence-electron chi connectivity index (χ2n) is 5.16. The van der Waals surface area contributed by atoms with Crippen LogP contribution < -0.4 is 5.32 Å². The van der Waals surface area contributed by atoms with Crippen LogP contribution in [-0.2, 0) is 25.8 Å². The number of carbonyl (C=O) groups is 2. The van der Waals surface area contributed by atoms with E-state index in [1.165, 1.54) is 6.07 Å². The van der Waals surface area contributed by atoms with Crippen LogP contribution in [0.25, 0.3) is 0 Å². The highest BCUT2D eigenvalue weighted by Crippen LogP contribution is 2.16. The van der Waals surface area contributed by atoms with Crippen LogP contribution >= 0.6 is 0 Å². The number of rotatable bonds is 8. The third-order valence-electron chi connectivity index (χ3n) is 3.20. The van der Waals surface area contributed by atoms with Gasteiger partial charge in [0.05, 0.1) is 11.3 Å². The summed E-state index contributed by atoms with van der Waals surface area (Å²) in [5.74, 6) is -1.59. The van der Waals surface area contributed by atoms with Gasteiger partial charge in [-0.1, -0.05) is 38.0 Å². The third kappa shape index (κ3) is 5.48. The van der Waals surface area contributed by atoms with E-state index in [0.29, 0.717) is 18.4 Å². The molecule has 0 aliphatic heterocycles. The van der Waals surface area contributed by atoms with Crippen LogP contribution in [0.2, 0.25) is 0 Å². The first-order valence-corrected chi connectivity index (χ1v) is 8.95. The summed E-state index contributed by atoms with van der Waals surface area (Å²) < 4.78 is 23.4. The molecule has 1 amide bonds. The molecule has 7 heteroatoms. The number of amides is 1. The largest absolute Gasteiger partial charge is 0.480 e. The first kappa shape index (κ1) is 18.2. The molecule has 0 radical (unpaired) electrons. The molecular weight excluding hydrogens is 306 g/mol. The van der Waals surface area contributed by atoms with Gasteiger partial charge in [-0.25, -0.2) is 13.2 Å². The van der Waals surface area contributed by atoms with E-state index >= 15 is 0 Å². The minimum absolute atomic E-state index is 0.0885. The molecule has 0 bridgehead atoms. The molecule has 1 unspecified atom stereocenters. The van der Waals surface area contributed by atoms with Crippen molar-refractivity contribution in [1.29, 1.82) is 0 Å². The van der Waals surface area contributed by atoms with Gasteiger partial charge in [0.25, 0.3) is 0 Å². The number of sulfone groups is 1. The molecule has 1 atom stereocenters. The molecule has 0 aliphatic carbocycles. The number of benzene rings is 1. The van der Waals surface area contributed by atoms with Crippen LogP contribution in [0.3, 0.4) is 0 Å². The predicted molar refractivity (Wildman–Crippen MR) is 82.3 cm³/mol. The Morgan fingerprint density at radius 1 is 1.27 bits per heavy atom. The molecule has 1 aromatic carbocycles. The first-order valence-electron chi connectivity index (χ1n) is 7.05. The smallest absolute Gasteiger partial charge is 0.326 e. The second-order valence-corrected chi connectivity index (χ2v) is 7.14. The zero-order chi connectivity index (χ0) is 16.8. The van der Waals surface area contributed by atoms with E-state index < -0.39 is 27.8 Å². The van der Waals surface area contributed by atoms with Gasteiger partial charge in [0.2, 0.25) is 5.91 Å². The molecule has 0 fully saturated rings. The fourth-order valence-corrected chi connectivity index (χ4v) is 3.04. The monoisotopic (exact) mass is 327 g/mol. The van der Waals surface area contributed by atoms with Crippen molar-refractivity contribution in [3.63, 3.8) is 0 Å². The highest BCUT2D eigenvalue weighted by Gasteiger charge is 2.21. The number of carboxylic acids is 1. The van der Waals surface area contributed by atoms with Gasteiger partial charge in [-0.3, -0.25) is 4.79 Å². The average Bonchev–Trinajstić information content (AvgIpc) is 2.42. The van der Waals surface area contributed by atoms with Gasteiger partial charge in [0, 0.05) is 6.26 Å². The lowest BCUT2D eigenvalue weighted by molar-refractivity contribution is -0.142. The van der Waals surface area contributed by atoms with E-state index in [2.05, 4.69) is 5.32 Å². The molecule has 122 valence electrons. The Morgan fingerprint density at radius 2 is 1.91 bits per heavy atom. The summed E-state index contributed by atoms with van der Waals surface area (Å²) in [5.41, 5.74) is 0.363. The van der Waals surface area contributed by atoms with Crippen molar-refractivity contribution in [3.8, 4) is 0 Å². The maximum atomic E-state index is 12.0. The second kappa shape index (κ2) is 7.93. The molecule has 0 spiro atoms. The number of carboxylic acid groups (broad SMARTS) is 1. The summed E-state index contributed by atoms with van der Waals surface area (Å²) >= 11 is 0. The fraction of sp³-hybridized carbons (Fsp3) is 0.467. The van der Waals surface area contributed by atoms with Crippen LogP contribution in [0.4, 0.5) is 0 Å². The summed E-state index contributed by atoms with van der Waals surface area (Å²) in [6, 6.07) is 5.27. The van der Waals surface area contributed by atoms with E-state index in [1.807, 2.05) is 6.92 Å². The number of aliphatic carboxylic acids is 1. The van der Waals surface area contributed by atoms with E-state index in [-0.39, 0.29) is 11.3 Å². The van der Waals surface area contributed by atoms with Crippen molar-refractivity contribution in [2.45, 2.75) is 43.5 Å². The molecule has 6 nitrogen and oxygen atoms in total. The topological polar surface area (TPSA) is 101 Å². The lowest BCUT2D eigenvalue weighted by Crippen LogP contribution is -2.41. The normalized spacial score (nSPS) is 12.6. The average molecular weight is 327 g/mol. The van der Waals surface area contributed by atoms with Crippen molar-refractivity contribution in [3.05, 3.63) is 29.8 Å². The van der Waals surface area contributed by atoms with Crippen molar-refractivity contribution >= 4 is 21.7 Å². The SMILES string of the molecule is CCCCC(NC(=O)Cc1ccccc1S(C)(=O)=O)C(=O)O. The van der Waals surface area contributed by atoms with Crippen LogP contribution in [0.15, 0.2) is 29.2 Å².